The molecule has 106 valence electrons. The van der Waals surface area contributed by atoms with Crippen molar-refractivity contribution >= 4 is 0 Å². The van der Waals surface area contributed by atoms with Gasteiger partial charge in [0.15, 0.2) is 0 Å². The minimum Gasteiger partial charge on any atom is -0.497 e. The molecule has 0 saturated carbocycles. The molecule has 20 heavy (non-hydrogen) atoms. The monoisotopic (exact) mass is 269 g/mol. The van der Waals surface area contributed by atoms with Crippen LogP contribution in [-0.4, -0.2) is 25.1 Å². The lowest BCUT2D eigenvalue weighted by atomic mass is 10.1. The van der Waals surface area contributed by atoms with Gasteiger partial charge in [-0.2, -0.15) is 0 Å². The largest absolute Gasteiger partial charge is 0.497 e. The normalized spacial score (nSPS) is 12.4. The summed E-state index contributed by atoms with van der Waals surface area (Å²) in [5.41, 5.74) is 2.70. The summed E-state index contributed by atoms with van der Waals surface area (Å²) in [6, 6.07) is 19.5. The van der Waals surface area contributed by atoms with Crippen LogP contribution in [0.5, 0.6) is 5.75 Å². The van der Waals surface area contributed by atoms with Crippen molar-refractivity contribution in [1.29, 1.82) is 0 Å². The van der Waals surface area contributed by atoms with Gasteiger partial charge >= 0.3 is 0 Å². The molecule has 0 spiro atoms. The van der Waals surface area contributed by atoms with Crippen molar-refractivity contribution in [2.45, 2.75) is 25.9 Å². The molecule has 2 aromatic carbocycles. The minimum atomic E-state index is 0.513. The van der Waals surface area contributed by atoms with E-state index >= 15 is 0 Å². The Kier molecular flexibility index (Phi) is 5.19. The third-order valence-electron chi connectivity index (χ3n) is 3.72. The van der Waals surface area contributed by atoms with Crippen LogP contribution in [0.25, 0.3) is 0 Å². The van der Waals surface area contributed by atoms with Crippen LogP contribution in [0.3, 0.4) is 0 Å². The van der Waals surface area contributed by atoms with Crippen LogP contribution < -0.4 is 4.74 Å². The van der Waals surface area contributed by atoms with Gasteiger partial charge in [-0.1, -0.05) is 42.5 Å². The highest BCUT2D eigenvalue weighted by Crippen LogP contribution is 2.14. The molecule has 2 heteroatoms. The van der Waals surface area contributed by atoms with Crippen LogP contribution in [0.2, 0.25) is 0 Å². The quantitative estimate of drug-likeness (QED) is 0.791. The van der Waals surface area contributed by atoms with Gasteiger partial charge in [0.25, 0.3) is 0 Å². The summed E-state index contributed by atoms with van der Waals surface area (Å²) < 4.78 is 5.19. The molecular formula is C18H23NO. The van der Waals surface area contributed by atoms with E-state index in [1.807, 2.05) is 12.1 Å². The third kappa shape index (κ3) is 4.10. The second-order valence-corrected chi connectivity index (χ2v) is 5.30. The molecule has 0 aliphatic heterocycles. The van der Waals surface area contributed by atoms with Gasteiger partial charge < -0.3 is 4.74 Å². The topological polar surface area (TPSA) is 12.5 Å². The zero-order valence-corrected chi connectivity index (χ0v) is 12.5. The highest BCUT2D eigenvalue weighted by atomic mass is 16.5. The second kappa shape index (κ2) is 7.11. The standard InChI is InChI=1S/C18H23NO/c1-15(13-16-7-5-4-6-8-16)19(2)14-17-9-11-18(20-3)12-10-17/h4-12,15H,13-14H2,1-3H3. The molecule has 0 radical (unpaired) electrons. The molecule has 0 aliphatic carbocycles. The average Bonchev–Trinajstić information content (AvgIpc) is 2.49. The van der Waals surface area contributed by atoms with E-state index in [2.05, 4.69) is 61.3 Å². The molecule has 0 aromatic heterocycles. The molecule has 0 N–H and O–H groups in total. The van der Waals surface area contributed by atoms with E-state index in [1.54, 1.807) is 7.11 Å². The van der Waals surface area contributed by atoms with Gasteiger partial charge in [-0.3, -0.25) is 4.90 Å². The summed E-state index contributed by atoms with van der Waals surface area (Å²) in [6.07, 6.45) is 1.08. The van der Waals surface area contributed by atoms with Gasteiger partial charge in [0.1, 0.15) is 5.75 Å². The zero-order chi connectivity index (χ0) is 14.4. The third-order valence-corrected chi connectivity index (χ3v) is 3.72. The van der Waals surface area contributed by atoms with Crippen molar-refractivity contribution in [2.75, 3.05) is 14.2 Å². The number of benzene rings is 2. The van der Waals surface area contributed by atoms with Crippen molar-refractivity contribution in [3.8, 4) is 5.75 Å². The van der Waals surface area contributed by atoms with Gasteiger partial charge in [0.2, 0.25) is 0 Å². The van der Waals surface area contributed by atoms with E-state index in [0.29, 0.717) is 6.04 Å². The summed E-state index contributed by atoms with van der Waals surface area (Å²) in [6.45, 7) is 3.23. The number of hydrogen-bond acceptors (Lipinski definition) is 2. The summed E-state index contributed by atoms with van der Waals surface area (Å²) in [7, 11) is 3.88. The maximum Gasteiger partial charge on any atom is 0.118 e. The Bertz CT molecular complexity index is 507. The van der Waals surface area contributed by atoms with Crippen molar-refractivity contribution in [3.05, 3.63) is 65.7 Å². The fourth-order valence-electron chi connectivity index (χ4n) is 2.29. The first-order valence-corrected chi connectivity index (χ1v) is 7.06. The van der Waals surface area contributed by atoms with E-state index in [-0.39, 0.29) is 0 Å². The first kappa shape index (κ1) is 14.6. The number of nitrogens with zero attached hydrogens (tertiary/aromatic N) is 1. The van der Waals surface area contributed by atoms with Crippen molar-refractivity contribution in [1.82, 2.24) is 4.90 Å². The Morgan fingerprint density at radius 3 is 2.20 bits per heavy atom. The number of likely N-dealkylation sites (N-methyl/N-ethyl adjacent to an activating group) is 1. The SMILES string of the molecule is COc1ccc(CN(C)C(C)Cc2ccccc2)cc1. The van der Waals surface area contributed by atoms with Crippen LogP contribution in [-0.2, 0) is 13.0 Å². The molecule has 0 bridgehead atoms. The molecule has 0 heterocycles. The van der Waals surface area contributed by atoms with Crippen molar-refractivity contribution in [2.24, 2.45) is 0 Å². The number of rotatable bonds is 6. The predicted molar refractivity (Wildman–Crippen MR) is 84.1 cm³/mol. The van der Waals surface area contributed by atoms with Gasteiger partial charge in [-0.25, -0.2) is 0 Å². The number of methoxy groups -OCH3 is 1. The lowest BCUT2D eigenvalue weighted by Crippen LogP contribution is -2.30. The zero-order valence-electron chi connectivity index (χ0n) is 12.5. The Balaban J connectivity index is 1.91. The smallest absolute Gasteiger partial charge is 0.118 e. The fourth-order valence-corrected chi connectivity index (χ4v) is 2.29. The van der Waals surface area contributed by atoms with Crippen molar-refractivity contribution in [3.63, 3.8) is 0 Å². The van der Waals surface area contributed by atoms with Crippen LogP contribution in [0.1, 0.15) is 18.1 Å². The lowest BCUT2D eigenvalue weighted by Gasteiger charge is -2.25. The highest BCUT2D eigenvalue weighted by molar-refractivity contribution is 5.27. The Labute approximate surface area is 122 Å². The van der Waals surface area contributed by atoms with Gasteiger partial charge in [0.05, 0.1) is 7.11 Å². The van der Waals surface area contributed by atoms with E-state index in [9.17, 15) is 0 Å². The maximum atomic E-state index is 5.19. The summed E-state index contributed by atoms with van der Waals surface area (Å²) >= 11 is 0. The summed E-state index contributed by atoms with van der Waals surface area (Å²) in [5, 5.41) is 0. The van der Waals surface area contributed by atoms with Gasteiger partial charge in [-0.15, -0.1) is 0 Å². The molecule has 0 fully saturated rings. The first-order valence-electron chi connectivity index (χ1n) is 7.06. The molecular weight excluding hydrogens is 246 g/mol. The second-order valence-electron chi connectivity index (χ2n) is 5.30. The predicted octanol–water partition coefficient (Wildman–Crippen LogP) is 3.76. The van der Waals surface area contributed by atoms with Crippen LogP contribution in [0.4, 0.5) is 0 Å². The molecule has 1 unspecified atom stereocenters. The van der Waals surface area contributed by atoms with Gasteiger partial charge in [-0.05, 0) is 43.7 Å². The highest BCUT2D eigenvalue weighted by Gasteiger charge is 2.10. The molecule has 2 aromatic rings. The van der Waals surface area contributed by atoms with Crippen LogP contribution in [0, 0.1) is 0 Å². The first-order chi connectivity index (χ1) is 9.69. The Hall–Kier alpha value is -1.80. The van der Waals surface area contributed by atoms with E-state index in [0.717, 1.165) is 18.7 Å². The Morgan fingerprint density at radius 2 is 1.60 bits per heavy atom. The summed E-state index contributed by atoms with van der Waals surface area (Å²) in [5.74, 6) is 0.911. The number of hydrogen-bond donors (Lipinski definition) is 0. The van der Waals surface area contributed by atoms with Crippen LogP contribution in [0.15, 0.2) is 54.6 Å². The number of ether oxygens (including phenoxy) is 1. The minimum absolute atomic E-state index is 0.513. The molecule has 2 rings (SSSR count). The summed E-state index contributed by atoms with van der Waals surface area (Å²) in [4.78, 5) is 2.38. The molecule has 0 aliphatic rings. The fraction of sp³-hybridized carbons (Fsp3) is 0.333. The van der Waals surface area contributed by atoms with E-state index < -0.39 is 0 Å². The molecule has 0 amide bonds. The maximum absolute atomic E-state index is 5.19. The van der Waals surface area contributed by atoms with E-state index in [4.69, 9.17) is 4.74 Å². The Morgan fingerprint density at radius 1 is 0.950 bits per heavy atom. The average molecular weight is 269 g/mol. The van der Waals surface area contributed by atoms with Gasteiger partial charge in [0, 0.05) is 12.6 Å². The molecule has 1 atom stereocenters. The lowest BCUT2D eigenvalue weighted by molar-refractivity contribution is 0.248. The van der Waals surface area contributed by atoms with Crippen molar-refractivity contribution < 1.29 is 4.74 Å². The molecule has 2 nitrogen and oxygen atoms in total. The van der Waals surface area contributed by atoms with Crippen LogP contribution >= 0.6 is 0 Å². The van der Waals surface area contributed by atoms with E-state index in [1.165, 1.54) is 11.1 Å². The molecule has 0 saturated heterocycles.